The van der Waals surface area contributed by atoms with E-state index in [2.05, 4.69) is 39.5 Å². The van der Waals surface area contributed by atoms with Gasteiger partial charge >= 0.3 is 0 Å². The Labute approximate surface area is 168 Å². The summed E-state index contributed by atoms with van der Waals surface area (Å²) >= 11 is 6.04. The predicted octanol–water partition coefficient (Wildman–Crippen LogP) is 2.25. The molecule has 1 aliphatic rings. The Balaban J connectivity index is 1.33. The van der Waals surface area contributed by atoms with Crippen LogP contribution in [-0.4, -0.2) is 63.1 Å². The van der Waals surface area contributed by atoms with Crippen LogP contribution in [0.5, 0.6) is 0 Å². The van der Waals surface area contributed by atoms with Crippen molar-refractivity contribution in [3.63, 3.8) is 0 Å². The summed E-state index contributed by atoms with van der Waals surface area (Å²) in [4.78, 5) is 24.0. The maximum Gasteiger partial charge on any atom is 0.266 e. The number of aromatic nitrogens is 3. The number of benzene rings is 2. The molecule has 8 heteroatoms. The Hall–Kier alpha value is -2.64. The molecule has 1 saturated heterocycles. The lowest BCUT2D eigenvalue weighted by molar-refractivity contribution is -0.145. The molecule has 3 aromatic rings. The molecular formula is C20H22ClN5O2. The number of fused-ring (bicyclic) bond motifs is 1. The van der Waals surface area contributed by atoms with E-state index < -0.39 is 6.10 Å². The number of carbonyl (C=O) groups excluding carboxylic acids is 1. The van der Waals surface area contributed by atoms with E-state index in [1.165, 1.54) is 10.4 Å². The number of carbonyl (C=O) groups is 1. The van der Waals surface area contributed by atoms with Crippen molar-refractivity contribution in [2.75, 3.05) is 26.2 Å². The average Bonchev–Trinajstić information content (AvgIpc) is 3.10. The molecule has 28 heavy (non-hydrogen) atoms. The minimum atomic E-state index is -0.662. The molecular weight excluding hydrogens is 378 g/mol. The lowest BCUT2D eigenvalue weighted by Crippen LogP contribution is -2.52. The maximum absolute atomic E-state index is 12.8. The van der Waals surface area contributed by atoms with Gasteiger partial charge in [-0.25, -0.2) is 0 Å². The van der Waals surface area contributed by atoms with Crippen molar-refractivity contribution in [2.45, 2.75) is 19.6 Å². The summed E-state index contributed by atoms with van der Waals surface area (Å²) in [6.07, 6.45) is -0.662. The number of halogens is 1. The molecule has 1 aromatic heterocycles. The van der Waals surface area contributed by atoms with Crippen LogP contribution in [0.15, 0.2) is 48.5 Å². The summed E-state index contributed by atoms with van der Waals surface area (Å²) < 4.78 is 0. The Morgan fingerprint density at radius 2 is 1.89 bits per heavy atom. The largest absolute Gasteiger partial charge is 0.382 e. The van der Waals surface area contributed by atoms with Gasteiger partial charge in [-0.15, -0.1) is 5.10 Å². The van der Waals surface area contributed by atoms with Gasteiger partial charge in [0, 0.05) is 37.7 Å². The normalized spacial score (nSPS) is 16.3. The fourth-order valence-corrected chi connectivity index (χ4v) is 3.54. The summed E-state index contributed by atoms with van der Waals surface area (Å²) in [6, 6.07) is 15.6. The van der Waals surface area contributed by atoms with Crippen molar-refractivity contribution in [2.24, 2.45) is 0 Å². The van der Waals surface area contributed by atoms with Crippen molar-refractivity contribution in [1.29, 1.82) is 0 Å². The van der Waals surface area contributed by atoms with Gasteiger partial charge in [0.05, 0.1) is 0 Å². The summed E-state index contributed by atoms with van der Waals surface area (Å²) in [5, 5.41) is 8.57. The molecule has 0 bridgehead atoms. The standard InChI is InChI=1S/C20H22ClN5O2/c1-15(28-26-19-13-17(21)7-8-18(19)22-23-26)20(27)25-11-9-24(10-12-25)14-16-5-3-2-4-6-16/h2-8,13,15H,9-12,14H2,1H3/t15-/m1/s1. The van der Waals surface area contributed by atoms with Gasteiger partial charge in [-0.3, -0.25) is 9.69 Å². The molecule has 1 aliphatic heterocycles. The zero-order valence-corrected chi connectivity index (χ0v) is 16.4. The third-order valence-electron chi connectivity index (χ3n) is 4.92. The fraction of sp³-hybridized carbons (Fsp3) is 0.350. The lowest BCUT2D eigenvalue weighted by Gasteiger charge is -2.35. The molecule has 1 atom stereocenters. The zero-order chi connectivity index (χ0) is 19.5. The summed E-state index contributed by atoms with van der Waals surface area (Å²) in [5.74, 6) is -0.0509. The van der Waals surface area contributed by atoms with E-state index >= 15 is 0 Å². The minimum absolute atomic E-state index is 0.0509. The highest BCUT2D eigenvalue weighted by molar-refractivity contribution is 6.31. The van der Waals surface area contributed by atoms with Crippen LogP contribution in [0.4, 0.5) is 0 Å². The van der Waals surface area contributed by atoms with E-state index in [-0.39, 0.29) is 5.91 Å². The van der Waals surface area contributed by atoms with E-state index in [0.717, 1.165) is 19.6 Å². The van der Waals surface area contributed by atoms with Gasteiger partial charge in [-0.1, -0.05) is 46.8 Å². The number of amides is 1. The molecule has 0 spiro atoms. The van der Waals surface area contributed by atoms with Crippen LogP contribution in [0.1, 0.15) is 12.5 Å². The van der Waals surface area contributed by atoms with Crippen molar-refractivity contribution in [1.82, 2.24) is 25.0 Å². The zero-order valence-electron chi connectivity index (χ0n) is 15.7. The van der Waals surface area contributed by atoms with E-state index in [4.69, 9.17) is 16.4 Å². The highest BCUT2D eigenvalue weighted by Gasteiger charge is 2.27. The van der Waals surface area contributed by atoms with Crippen molar-refractivity contribution in [3.8, 4) is 0 Å². The molecule has 146 valence electrons. The summed E-state index contributed by atoms with van der Waals surface area (Å²) in [5.41, 5.74) is 2.59. The molecule has 0 N–H and O–H groups in total. The van der Waals surface area contributed by atoms with Crippen LogP contribution in [-0.2, 0) is 11.3 Å². The van der Waals surface area contributed by atoms with Gasteiger partial charge in [-0.05, 0) is 35.9 Å². The van der Waals surface area contributed by atoms with Crippen LogP contribution in [0.2, 0.25) is 5.02 Å². The number of hydrogen-bond acceptors (Lipinski definition) is 5. The molecule has 4 rings (SSSR count). The Kier molecular flexibility index (Phi) is 5.45. The Morgan fingerprint density at radius 1 is 1.14 bits per heavy atom. The Bertz CT molecular complexity index is 954. The number of rotatable bonds is 5. The van der Waals surface area contributed by atoms with Crippen LogP contribution in [0.25, 0.3) is 11.0 Å². The van der Waals surface area contributed by atoms with E-state index in [1.807, 2.05) is 11.0 Å². The van der Waals surface area contributed by atoms with Crippen LogP contribution < -0.4 is 4.84 Å². The molecule has 0 saturated carbocycles. The van der Waals surface area contributed by atoms with Gasteiger partial charge in [0.25, 0.3) is 5.91 Å². The molecule has 2 heterocycles. The molecule has 0 radical (unpaired) electrons. The van der Waals surface area contributed by atoms with E-state index in [1.54, 1.807) is 25.1 Å². The van der Waals surface area contributed by atoms with Crippen molar-refractivity contribution in [3.05, 3.63) is 59.1 Å². The highest BCUT2D eigenvalue weighted by Crippen LogP contribution is 2.17. The first kappa shape index (κ1) is 18.7. The number of hydrogen-bond donors (Lipinski definition) is 0. The maximum atomic E-state index is 12.8. The first-order valence-corrected chi connectivity index (χ1v) is 9.71. The monoisotopic (exact) mass is 399 g/mol. The third kappa shape index (κ3) is 4.10. The molecule has 1 fully saturated rings. The quantitative estimate of drug-likeness (QED) is 0.658. The second kappa shape index (κ2) is 8.16. The highest BCUT2D eigenvalue weighted by atomic mass is 35.5. The number of nitrogens with zero attached hydrogens (tertiary/aromatic N) is 5. The van der Waals surface area contributed by atoms with E-state index in [9.17, 15) is 4.79 Å². The summed E-state index contributed by atoms with van der Waals surface area (Å²) in [6.45, 7) is 5.69. The Morgan fingerprint density at radius 3 is 2.64 bits per heavy atom. The second-order valence-electron chi connectivity index (χ2n) is 6.93. The average molecular weight is 400 g/mol. The lowest BCUT2D eigenvalue weighted by atomic mass is 10.2. The first-order chi connectivity index (χ1) is 13.6. The topological polar surface area (TPSA) is 63.5 Å². The summed E-state index contributed by atoms with van der Waals surface area (Å²) in [7, 11) is 0. The SMILES string of the molecule is C[C@@H](On1nnc2ccc(Cl)cc21)C(=O)N1CCN(Cc2ccccc2)CC1. The van der Waals surface area contributed by atoms with Crippen LogP contribution in [0, 0.1) is 0 Å². The van der Waals surface area contributed by atoms with Crippen molar-refractivity contribution >= 4 is 28.5 Å². The first-order valence-electron chi connectivity index (χ1n) is 9.33. The fourth-order valence-electron chi connectivity index (χ4n) is 3.37. The number of piperazine rings is 1. The molecule has 2 aromatic carbocycles. The smallest absolute Gasteiger partial charge is 0.266 e. The molecule has 1 amide bonds. The third-order valence-corrected chi connectivity index (χ3v) is 5.15. The minimum Gasteiger partial charge on any atom is -0.382 e. The van der Waals surface area contributed by atoms with Gasteiger partial charge in [0.1, 0.15) is 11.0 Å². The molecule has 7 nitrogen and oxygen atoms in total. The van der Waals surface area contributed by atoms with E-state index in [0.29, 0.717) is 29.1 Å². The van der Waals surface area contributed by atoms with Gasteiger partial charge in [0.2, 0.25) is 6.10 Å². The van der Waals surface area contributed by atoms with Crippen molar-refractivity contribution < 1.29 is 9.63 Å². The second-order valence-corrected chi connectivity index (χ2v) is 7.37. The van der Waals surface area contributed by atoms with Crippen LogP contribution in [0.3, 0.4) is 0 Å². The van der Waals surface area contributed by atoms with Gasteiger partial charge in [0.15, 0.2) is 0 Å². The van der Waals surface area contributed by atoms with Crippen LogP contribution >= 0.6 is 11.6 Å². The van der Waals surface area contributed by atoms with Gasteiger partial charge < -0.3 is 9.74 Å². The molecule has 0 unspecified atom stereocenters. The van der Waals surface area contributed by atoms with Gasteiger partial charge in [-0.2, -0.15) is 0 Å². The predicted molar refractivity (Wildman–Crippen MR) is 107 cm³/mol. The molecule has 0 aliphatic carbocycles.